The lowest BCUT2D eigenvalue weighted by molar-refractivity contribution is 0.414. The standard InChI is InChI=1S/C18H11BrFN3O4S/c19-16-10-9-15(26-16)18-21-17(22-27-18)11-1-5-13(6-2-11)23-28(24,25)14-7-3-12(20)4-8-14/h1-10,23H. The molecule has 0 aliphatic rings. The van der Waals surface area contributed by atoms with Crippen LogP contribution in [0.5, 0.6) is 0 Å². The van der Waals surface area contributed by atoms with Crippen molar-refractivity contribution < 1.29 is 21.7 Å². The number of nitrogens with one attached hydrogen (secondary N) is 1. The van der Waals surface area contributed by atoms with Gasteiger partial charge in [-0.15, -0.1) is 0 Å². The van der Waals surface area contributed by atoms with Crippen molar-refractivity contribution in [3.05, 3.63) is 71.2 Å². The SMILES string of the molecule is O=S(=O)(Nc1ccc(-c2noc(-c3ccc(Br)o3)n2)cc1)c1ccc(F)cc1. The summed E-state index contributed by atoms with van der Waals surface area (Å²) in [5, 5.41) is 3.90. The van der Waals surface area contributed by atoms with E-state index in [1.807, 2.05) is 0 Å². The minimum absolute atomic E-state index is 0.0367. The Hall–Kier alpha value is -2.98. The third kappa shape index (κ3) is 3.82. The van der Waals surface area contributed by atoms with Crippen molar-refractivity contribution in [3.8, 4) is 23.0 Å². The van der Waals surface area contributed by atoms with Gasteiger partial charge in [-0.25, -0.2) is 12.8 Å². The summed E-state index contributed by atoms with van der Waals surface area (Å²) >= 11 is 3.20. The molecule has 142 valence electrons. The predicted octanol–water partition coefficient (Wildman–Crippen LogP) is 4.70. The Labute approximate surface area is 167 Å². The summed E-state index contributed by atoms with van der Waals surface area (Å²) in [4.78, 5) is 4.22. The summed E-state index contributed by atoms with van der Waals surface area (Å²) in [6, 6.07) is 14.4. The summed E-state index contributed by atoms with van der Waals surface area (Å²) in [5.41, 5.74) is 0.970. The lowest BCUT2D eigenvalue weighted by Gasteiger charge is -2.08. The van der Waals surface area contributed by atoms with Crippen LogP contribution in [-0.2, 0) is 10.0 Å². The van der Waals surface area contributed by atoms with Crippen molar-refractivity contribution in [2.75, 3.05) is 4.72 Å². The highest BCUT2D eigenvalue weighted by Crippen LogP contribution is 2.27. The average molecular weight is 464 g/mol. The van der Waals surface area contributed by atoms with Crippen molar-refractivity contribution in [2.45, 2.75) is 4.90 Å². The second kappa shape index (κ2) is 7.21. The molecule has 10 heteroatoms. The van der Waals surface area contributed by atoms with E-state index in [0.717, 1.165) is 12.1 Å². The van der Waals surface area contributed by atoms with Crippen LogP contribution < -0.4 is 4.72 Å². The van der Waals surface area contributed by atoms with Crippen LogP contribution in [0.15, 0.2) is 79.2 Å². The first kappa shape index (κ1) is 18.4. The zero-order chi connectivity index (χ0) is 19.7. The second-order valence-corrected chi connectivity index (χ2v) is 8.13. The van der Waals surface area contributed by atoms with E-state index in [0.29, 0.717) is 27.5 Å². The number of halogens is 2. The van der Waals surface area contributed by atoms with E-state index in [9.17, 15) is 12.8 Å². The molecule has 0 aliphatic carbocycles. The van der Waals surface area contributed by atoms with E-state index in [1.54, 1.807) is 36.4 Å². The highest BCUT2D eigenvalue weighted by Gasteiger charge is 2.16. The zero-order valence-corrected chi connectivity index (χ0v) is 16.4. The van der Waals surface area contributed by atoms with Gasteiger partial charge >= 0.3 is 0 Å². The molecule has 0 fully saturated rings. The molecule has 0 saturated carbocycles. The summed E-state index contributed by atoms with van der Waals surface area (Å²) < 4.78 is 51.2. The maximum Gasteiger partial charge on any atom is 0.293 e. The average Bonchev–Trinajstić information content (AvgIpc) is 3.31. The van der Waals surface area contributed by atoms with Crippen molar-refractivity contribution in [3.63, 3.8) is 0 Å². The van der Waals surface area contributed by atoms with Gasteiger partial charge in [0.2, 0.25) is 5.82 Å². The van der Waals surface area contributed by atoms with E-state index >= 15 is 0 Å². The lowest BCUT2D eigenvalue weighted by Crippen LogP contribution is -2.12. The van der Waals surface area contributed by atoms with Crippen LogP contribution in [0.1, 0.15) is 0 Å². The summed E-state index contributed by atoms with van der Waals surface area (Å²) in [6.45, 7) is 0. The summed E-state index contributed by atoms with van der Waals surface area (Å²) in [7, 11) is -3.82. The van der Waals surface area contributed by atoms with Crippen LogP contribution in [0.4, 0.5) is 10.1 Å². The van der Waals surface area contributed by atoms with Crippen molar-refractivity contribution >= 4 is 31.6 Å². The van der Waals surface area contributed by atoms with Gasteiger partial charge in [0.1, 0.15) is 5.82 Å². The molecule has 2 aromatic carbocycles. The Morgan fingerprint density at radius 2 is 1.68 bits per heavy atom. The highest BCUT2D eigenvalue weighted by atomic mass is 79.9. The molecule has 0 spiro atoms. The van der Waals surface area contributed by atoms with Crippen LogP contribution in [-0.4, -0.2) is 18.6 Å². The fraction of sp³-hybridized carbons (Fsp3) is 0. The van der Waals surface area contributed by atoms with Crippen molar-refractivity contribution in [1.82, 2.24) is 10.1 Å². The molecule has 2 heterocycles. The molecule has 0 amide bonds. The van der Waals surface area contributed by atoms with Crippen molar-refractivity contribution in [2.24, 2.45) is 0 Å². The fourth-order valence-corrected chi connectivity index (χ4v) is 3.75. The number of furan rings is 1. The first-order chi connectivity index (χ1) is 13.4. The fourth-order valence-electron chi connectivity index (χ4n) is 2.39. The number of sulfonamides is 1. The van der Waals surface area contributed by atoms with Gasteiger partial charge in [0.05, 0.1) is 4.90 Å². The number of hydrogen-bond acceptors (Lipinski definition) is 6. The van der Waals surface area contributed by atoms with Gasteiger partial charge in [-0.1, -0.05) is 5.16 Å². The number of hydrogen-bond donors (Lipinski definition) is 1. The van der Waals surface area contributed by atoms with E-state index in [4.69, 9.17) is 8.94 Å². The minimum Gasteiger partial charge on any atom is -0.444 e. The maximum absolute atomic E-state index is 13.0. The van der Waals surface area contributed by atoms with Gasteiger partial charge < -0.3 is 8.94 Å². The van der Waals surface area contributed by atoms with E-state index in [2.05, 4.69) is 30.8 Å². The third-order valence-corrected chi connectivity index (χ3v) is 5.55. The van der Waals surface area contributed by atoms with Crippen LogP contribution in [0.2, 0.25) is 0 Å². The van der Waals surface area contributed by atoms with Gasteiger partial charge in [-0.3, -0.25) is 4.72 Å². The number of nitrogens with zero attached hydrogens (tertiary/aromatic N) is 2. The number of benzene rings is 2. The molecule has 1 N–H and O–H groups in total. The van der Waals surface area contributed by atoms with E-state index < -0.39 is 15.8 Å². The number of aromatic nitrogens is 2. The Bertz CT molecular complexity index is 1220. The Kier molecular flexibility index (Phi) is 4.73. The molecular formula is C18H11BrFN3O4S. The molecule has 7 nitrogen and oxygen atoms in total. The third-order valence-electron chi connectivity index (χ3n) is 3.73. The van der Waals surface area contributed by atoms with Gasteiger partial charge in [0, 0.05) is 11.3 Å². The monoisotopic (exact) mass is 463 g/mol. The van der Waals surface area contributed by atoms with Gasteiger partial charge in [0.25, 0.3) is 15.9 Å². The molecule has 0 unspecified atom stereocenters. The molecule has 0 saturated heterocycles. The Balaban J connectivity index is 1.53. The molecule has 0 radical (unpaired) electrons. The first-order valence-corrected chi connectivity index (χ1v) is 10.2. The summed E-state index contributed by atoms with van der Waals surface area (Å²) in [6.07, 6.45) is 0. The lowest BCUT2D eigenvalue weighted by atomic mass is 10.2. The largest absolute Gasteiger partial charge is 0.444 e. The predicted molar refractivity (Wildman–Crippen MR) is 102 cm³/mol. The minimum atomic E-state index is -3.82. The maximum atomic E-state index is 13.0. The van der Waals surface area contributed by atoms with E-state index in [1.165, 1.54) is 12.1 Å². The molecule has 4 aromatic rings. The van der Waals surface area contributed by atoms with Crippen LogP contribution in [0.3, 0.4) is 0 Å². The quantitative estimate of drug-likeness (QED) is 0.460. The second-order valence-electron chi connectivity index (χ2n) is 5.66. The number of anilines is 1. The zero-order valence-electron chi connectivity index (χ0n) is 14.0. The smallest absolute Gasteiger partial charge is 0.293 e. The molecule has 2 aromatic heterocycles. The van der Waals surface area contributed by atoms with Gasteiger partial charge in [0.15, 0.2) is 10.4 Å². The molecule has 28 heavy (non-hydrogen) atoms. The topological polar surface area (TPSA) is 98.2 Å². The summed E-state index contributed by atoms with van der Waals surface area (Å²) in [5.74, 6) is 0.469. The normalized spacial score (nSPS) is 11.5. The molecule has 0 aliphatic heterocycles. The molecule has 0 atom stereocenters. The van der Waals surface area contributed by atoms with Gasteiger partial charge in [-0.05, 0) is 76.6 Å². The van der Waals surface area contributed by atoms with Crippen LogP contribution in [0, 0.1) is 5.82 Å². The Morgan fingerprint density at radius 3 is 2.32 bits per heavy atom. The molecule has 4 rings (SSSR count). The van der Waals surface area contributed by atoms with Gasteiger partial charge in [-0.2, -0.15) is 4.98 Å². The highest BCUT2D eigenvalue weighted by molar-refractivity contribution is 9.10. The van der Waals surface area contributed by atoms with Crippen molar-refractivity contribution in [1.29, 1.82) is 0 Å². The number of rotatable bonds is 5. The molecule has 0 bridgehead atoms. The van der Waals surface area contributed by atoms with E-state index in [-0.39, 0.29) is 10.8 Å². The van der Waals surface area contributed by atoms with Crippen LogP contribution in [0.25, 0.3) is 23.0 Å². The van der Waals surface area contributed by atoms with Crippen LogP contribution >= 0.6 is 15.9 Å². The first-order valence-electron chi connectivity index (χ1n) is 7.89. The molecular weight excluding hydrogens is 453 g/mol. The Morgan fingerprint density at radius 1 is 0.964 bits per heavy atom.